The number of oxazole rings is 1. The smallest absolute Gasteiger partial charge is 0.289 e. The first-order valence-electron chi connectivity index (χ1n) is 4.02. The molecular weight excluding hydrogens is 186 g/mol. The minimum Gasteiger partial charge on any atom is -0.438 e. The molecule has 6 heteroatoms. The highest BCUT2D eigenvalue weighted by Crippen LogP contribution is 2.04. The predicted molar refractivity (Wildman–Crippen MR) is 47.4 cm³/mol. The van der Waals surface area contributed by atoms with Crippen molar-refractivity contribution in [2.75, 3.05) is 0 Å². The number of aryl methyl sites for hydroxylation is 1. The van der Waals surface area contributed by atoms with E-state index in [9.17, 15) is 9.59 Å². The quantitative estimate of drug-likeness (QED) is 0.687. The molecule has 76 valence electrons. The molecule has 14 heavy (non-hydrogen) atoms. The molecule has 2 amide bonds. The van der Waals surface area contributed by atoms with Gasteiger partial charge < -0.3 is 15.5 Å². The first kappa shape index (κ1) is 10.2. The summed E-state index contributed by atoms with van der Waals surface area (Å²) < 4.78 is 4.83. The zero-order valence-electron chi connectivity index (χ0n) is 7.90. The molecule has 0 unspecified atom stereocenters. The fourth-order valence-electron chi connectivity index (χ4n) is 0.853. The van der Waals surface area contributed by atoms with E-state index in [1.807, 2.05) is 0 Å². The van der Waals surface area contributed by atoms with Gasteiger partial charge in [0, 0.05) is 0 Å². The molecule has 0 bridgehead atoms. The van der Waals surface area contributed by atoms with Gasteiger partial charge in [-0.15, -0.1) is 0 Å². The van der Waals surface area contributed by atoms with Crippen molar-refractivity contribution in [3.8, 4) is 0 Å². The van der Waals surface area contributed by atoms with Gasteiger partial charge in [0.1, 0.15) is 6.04 Å². The van der Waals surface area contributed by atoms with E-state index in [-0.39, 0.29) is 5.76 Å². The van der Waals surface area contributed by atoms with E-state index >= 15 is 0 Å². The van der Waals surface area contributed by atoms with Crippen molar-refractivity contribution in [3.05, 3.63) is 17.8 Å². The summed E-state index contributed by atoms with van der Waals surface area (Å²) in [5.74, 6) is -1.00. The fraction of sp³-hybridized carbons (Fsp3) is 0.375. The van der Waals surface area contributed by atoms with Crippen molar-refractivity contribution in [1.82, 2.24) is 10.3 Å². The Labute approximate surface area is 80.5 Å². The highest BCUT2D eigenvalue weighted by Gasteiger charge is 2.18. The third-order valence-corrected chi connectivity index (χ3v) is 1.73. The van der Waals surface area contributed by atoms with E-state index in [2.05, 4.69) is 10.3 Å². The van der Waals surface area contributed by atoms with Crippen LogP contribution in [0.15, 0.2) is 10.8 Å². The third-order valence-electron chi connectivity index (χ3n) is 1.73. The number of rotatable bonds is 3. The van der Waals surface area contributed by atoms with Gasteiger partial charge in [0.15, 0.2) is 6.39 Å². The molecule has 0 aromatic carbocycles. The largest absolute Gasteiger partial charge is 0.438 e. The third kappa shape index (κ3) is 2.09. The fourth-order valence-corrected chi connectivity index (χ4v) is 0.853. The average Bonchev–Trinajstić information content (AvgIpc) is 2.51. The van der Waals surface area contributed by atoms with Gasteiger partial charge in [-0.2, -0.15) is 0 Å². The molecule has 6 nitrogen and oxygen atoms in total. The maximum absolute atomic E-state index is 11.4. The van der Waals surface area contributed by atoms with E-state index in [0.29, 0.717) is 5.69 Å². The molecule has 1 aromatic rings. The highest BCUT2D eigenvalue weighted by atomic mass is 16.3. The Kier molecular flexibility index (Phi) is 2.85. The Balaban J connectivity index is 2.69. The number of nitrogens with one attached hydrogen (secondary N) is 1. The van der Waals surface area contributed by atoms with Crippen LogP contribution in [0.4, 0.5) is 0 Å². The number of aromatic nitrogens is 1. The lowest BCUT2D eigenvalue weighted by Crippen LogP contribution is -2.42. The van der Waals surface area contributed by atoms with Crippen molar-refractivity contribution in [3.63, 3.8) is 0 Å². The second kappa shape index (κ2) is 3.91. The summed E-state index contributed by atoms with van der Waals surface area (Å²) >= 11 is 0. The van der Waals surface area contributed by atoms with Crippen LogP contribution in [0.2, 0.25) is 0 Å². The summed E-state index contributed by atoms with van der Waals surface area (Å²) in [5, 5.41) is 2.38. The van der Waals surface area contributed by atoms with Crippen molar-refractivity contribution in [2.24, 2.45) is 5.73 Å². The molecule has 0 radical (unpaired) electrons. The van der Waals surface area contributed by atoms with E-state index in [4.69, 9.17) is 10.2 Å². The topological polar surface area (TPSA) is 98.2 Å². The minimum absolute atomic E-state index is 0.0955. The van der Waals surface area contributed by atoms with Crippen LogP contribution in [-0.2, 0) is 4.79 Å². The summed E-state index contributed by atoms with van der Waals surface area (Å²) in [7, 11) is 0. The van der Waals surface area contributed by atoms with Crippen LogP contribution in [0.3, 0.4) is 0 Å². The second-order valence-electron chi connectivity index (χ2n) is 2.86. The molecular formula is C8H11N3O3. The minimum atomic E-state index is -0.730. The molecule has 1 rings (SSSR count). The first-order chi connectivity index (χ1) is 6.52. The van der Waals surface area contributed by atoms with Crippen molar-refractivity contribution in [2.45, 2.75) is 19.9 Å². The van der Waals surface area contributed by atoms with Crippen LogP contribution < -0.4 is 11.1 Å². The molecule has 0 fully saturated rings. The van der Waals surface area contributed by atoms with Crippen LogP contribution in [-0.4, -0.2) is 22.8 Å². The van der Waals surface area contributed by atoms with Gasteiger partial charge in [-0.05, 0) is 13.8 Å². The summed E-state index contributed by atoms with van der Waals surface area (Å²) in [6, 6.07) is -0.730. The maximum atomic E-state index is 11.4. The lowest BCUT2D eigenvalue weighted by Gasteiger charge is -2.07. The number of carbonyl (C=O) groups is 2. The van der Waals surface area contributed by atoms with E-state index < -0.39 is 17.9 Å². The molecule has 1 heterocycles. The molecule has 1 atom stereocenters. The monoisotopic (exact) mass is 197 g/mol. The number of nitrogens with zero attached hydrogens (tertiary/aromatic N) is 1. The Hall–Kier alpha value is -1.85. The van der Waals surface area contributed by atoms with E-state index in [1.54, 1.807) is 6.92 Å². The number of amides is 2. The molecule has 0 saturated carbocycles. The first-order valence-corrected chi connectivity index (χ1v) is 4.02. The average molecular weight is 197 g/mol. The lowest BCUT2D eigenvalue weighted by atomic mass is 10.3. The SMILES string of the molecule is Cc1ncoc1C(=O)N[C@H](C)C(N)=O. The molecule has 3 N–H and O–H groups in total. The van der Waals surface area contributed by atoms with Gasteiger partial charge in [0.25, 0.3) is 5.91 Å². The lowest BCUT2D eigenvalue weighted by molar-refractivity contribution is -0.119. The number of hydrogen-bond donors (Lipinski definition) is 2. The van der Waals surface area contributed by atoms with Gasteiger partial charge in [-0.3, -0.25) is 9.59 Å². The second-order valence-corrected chi connectivity index (χ2v) is 2.86. The van der Waals surface area contributed by atoms with Gasteiger partial charge in [-0.1, -0.05) is 0 Å². The Morgan fingerprint density at radius 3 is 2.71 bits per heavy atom. The summed E-state index contributed by atoms with van der Waals surface area (Å²) in [6.45, 7) is 3.12. The Bertz CT molecular complexity index is 358. The van der Waals surface area contributed by atoms with Gasteiger partial charge >= 0.3 is 0 Å². The Morgan fingerprint density at radius 2 is 2.29 bits per heavy atom. The van der Waals surface area contributed by atoms with Crippen LogP contribution in [0.25, 0.3) is 0 Å². The number of hydrogen-bond acceptors (Lipinski definition) is 4. The van der Waals surface area contributed by atoms with Crippen LogP contribution in [0, 0.1) is 6.92 Å². The van der Waals surface area contributed by atoms with Crippen LogP contribution in [0.1, 0.15) is 23.2 Å². The van der Waals surface area contributed by atoms with E-state index in [0.717, 1.165) is 0 Å². The molecule has 0 spiro atoms. The highest BCUT2D eigenvalue weighted by molar-refractivity contribution is 5.95. The zero-order valence-corrected chi connectivity index (χ0v) is 7.90. The number of primary amides is 1. The number of carbonyl (C=O) groups excluding carboxylic acids is 2. The molecule has 0 aliphatic carbocycles. The molecule has 0 aliphatic heterocycles. The molecule has 1 aromatic heterocycles. The van der Waals surface area contributed by atoms with Gasteiger partial charge in [-0.25, -0.2) is 4.98 Å². The van der Waals surface area contributed by atoms with Crippen LogP contribution in [0.5, 0.6) is 0 Å². The normalized spacial score (nSPS) is 12.1. The summed E-state index contributed by atoms with van der Waals surface area (Å²) in [4.78, 5) is 25.8. The van der Waals surface area contributed by atoms with Crippen LogP contribution >= 0.6 is 0 Å². The van der Waals surface area contributed by atoms with E-state index in [1.165, 1.54) is 13.3 Å². The van der Waals surface area contributed by atoms with Gasteiger partial charge in [0.2, 0.25) is 11.7 Å². The van der Waals surface area contributed by atoms with Crippen molar-refractivity contribution < 1.29 is 14.0 Å². The Morgan fingerprint density at radius 1 is 1.64 bits per heavy atom. The zero-order chi connectivity index (χ0) is 10.7. The van der Waals surface area contributed by atoms with Crippen molar-refractivity contribution >= 4 is 11.8 Å². The summed E-state index contributed by atoms with van der Waals surface area (Å²) in [5.41, 5.74) is 5.45. The standard InChI is InChI=1S/C8H11N3O3/c1-4-6(14-3-10-4)8(13)11-5(2)7(9)12/h3,5H,1-2H3,(H2,9,12)(H,11,13)/t5-/m1/s1. The summed E-state index contributed by atoms with van der Waals surface area (Å²) in [6.07, 6.45) is 1.17. The van der Waals surface area contributed by atoms with Crippen molar-refractivity contribution in [1.29, 1.82) is 0 Å². The molecule has 0 saturated heterocycles. The predicted octanol–water partition coefficient (Wildman–Crippen LogP) is -0.413. The number of nitrogens with two attached hydrogens (primary N) is 1. The van der Waals surface area contributed by atoms with Gasteiger partial charge in [0.05, 0.1) is 5.69 Å². The maximum Gasteiger partial charge on any atom is 0.289 e. The molecule has 0 aliphatic rings.